The van der Waals surface area contributed by atoms with Crippen molar-refractivity contribution in [1.82, 2.24) is 9.88 Å². The molecule has 1 aliphatic heterocycles. The van der Waals surface area contributed by atoms with E-state index in [1.165, 1.54) is 12.1 Å². The van der Waals surface area contributed by atoms with Crippen LogP contribution in [0.5, 0.6) is 0 Å². The largest absolute Gasteiger partial charge is 0.416 e. The number of carbonyl (C=O) groups is 2. The molecule has 0 aliphatic carbocycles. The van der Waals surface area contributed by atoms with E-state index >= 15 is 0 Å². The number of fused-ring (bicyclic) bond motifs is 1. The SMILES string of the molecule is O=C1NC(=O)/C(=C\c2cn(Cc3ccc(C(F)(F)F)cc3)c3ccccc23)S1. The van der Waals surface area contributed by atoms with Crippen molar-refractivity contribution >= 4 is 39.9 Å². The maximum Gasteiger partial charge on any atom is 0.416 e. The third-order valence-electron chi connectivity index (χ3n) is 4.38. The Morgan fingerprint density at radius 3 is 2.39 bits per heavy atom. The number of hydrogen-bond donors (Lipinski definition) is 1. The van der Waals surface area contributed by atoms with E-state index in [-0.39, 0.29) is 0 Å². The second-order valence-corrected chi connectivity index (χ2v) is 7.29. The smallest absolute Gasteiger partial charge is 0.342 e. The van der Waals surface area contributed by atoms with Crippen LogP contribution in [-0.4, -0.2) is 15.7 Å². The van der Waals surface area contributed by atoms with Crippen LogP contribution in [0.4, 0.5) is 18.0 Å². The second kappa shape index (κ2) is 6.87. The van der Waals surface area contributed by atoms with Crippen LogP contribution in [-0.2, 0) is 17.5 Å². The predicted molar refractivity (Wildman–Crippen MR) is 102 cm³/mol. The summed E-state index contributed by atoms with van der Waals surface area (Å²) in [5.74, 6) is -0.436. The first-order valence-electron chi connectivity index (χ1n) is 8.30. The van der Waals surface area contributed by atoms with Crippen LogP contribution in [0, 0.1) is 0 Å². The number of rotatable bonds is 3. The number of nitrogens with zero attached hydrogens (tertiary/aromatic N) is 1. The molecular weight excluding hydrogens is 389 g/mol. The van der Waals surface area contributed by atoms with Crippen LogP contribution in [0.1, 0.15) is 16.7 Å². The zero-order valence-electron chi connectivity index (χ0n) is 14.3. The fourth-order valence-corrected chi connectivity index (χ4v) is 3.75. The van der Waals surface area contributed by atoms with Crippen molar-refractivity contribution < 1.29 is 22.8 Å². The molecule has 2 heterocycles. The summed E-state index contributed by atoms with van der Waals surface area (Å²) in [6.45, 7) is 0.375. The number of halogens is 3. The minimum Gasteiger partial charge on any atom is -0.342 e. The molecule has 0 spiro atoms. The van der Waals surface area contributed by atoms with Crippen molar-refractivity contribution in [2.24, 2.45) is 0 Å². The average molecular weight is 402 g/mol. The molecule has 0 radical (unpaired) electrons. The molecule has 4 rings (SSSR count). The Morgan fingerprint density at radius 1 is 1.04 bits per heavy atom. The lowest BCUT2D eigenvalue weighted by Gasteiger charge is -2.09. The monoisotopic (exact) mass is 402 g/mol. The summed E-state index contributed by atoms with van der Waals surface area (Å²) in [5.41, 5.74) is 1.67. The molecule has 2 aromatic carbocycles. The molecule has 142 valence electrons. The van der Waals surface area contributed by atoms with E-state index in [0.29, 0.717) is 11.4 Å². The minimum atomic E-state index is -4.37. The number of carbonyl (C=O) groups excluding carboxylic acids is 2. The van der Waals surface area contributed by atoms with E-state index in [0.717, 1.165) is 45.9 Å². The first-order chi connectivity index (χ1) is 13.3. The quantitative estimate of drug-likeness (QED) is 0.625. The molecule has 2 amide bonds. The lowest BCUT2D eigenvalue weighted by Crippen LogP contribution is -2.17. The van der Waals surface area contributed by atoms with E-state index in [2.05, 4.69) is 5.32 Å². The third kappa shape index (κ3) is 3.55. The number of imide groups is 1. The zero-order chi connectivity index (χ0) is 19.9. The van der Waals surface area contributed by atoms with Crippen molar-refractivity contribution in [2.45, 2.75) is 12.7 Å². The fraction of sp³-hybridized carbons (Fsp3) is 0.100. The molecule has 0 bridgehead atoms. The number of nitrogens with one attached hydrogen (secondary N) is 1. The van der Waals surface area contributed by atoms with Gasteiger partial charge in [-0.15, -0.1) is 0 Å². The number of hydrogen-bond acceptors (Lipinski definition) is 3. The van der Waals surface area contributed by atoms with Gasteiger partial charge in [0, 0.05) is 29.2 Å². The summed E-state index contributed by atoms with van der Waals surface area (Å²) in [7, 11) is 0. The van der Waals surface area contributed by atoms with Crippen LogP contribution >= 0.6 is 11.8 Å². The molecule has 0 saturated carbocycles. The lowest BCUT2D eigenvalue weighted by atomic mass is 10.1. The molecular formula is C20H13F3N2O2S. The molecule has 0 unspecified atom stereocenters. The summed E-state index contributed by atoms with van der Waals surface area (Å²) in [6, 6.07) is 12.6. The van der Waals surface area contributed by atoms with Gasteiger partial charge in [0.15, 0.2) is 0 Å². The summed E-state index contributed by atoms with van der Waals surface area (Å²) in [5, 5.41) is 2.69. The molecule has 3 aromatic rings. The van der Waals surface area contributed by atoms with E-state index in [4.69, 9.17) is 0 Å². The lowest BCUT2D eigenvalue weighted by molar-refractivity contribution is -0.137. The number of aromatic nitrogens is 1. The Balaban J connectivity index is 1.70. The van der Waals surface area contributed by atoms with Crippen molar-refractivity contribution in [3.63, 3.8) is 0 Å². The van der Waals surface area contributed by atoms with Crippen LogP contribution in [0.3, 0.4) is 0 Å². The molecule has 1 aromatic heterocycles. The van der Waals surface area contributed by atoms with Gasteiger partial charge in [-0.3, -0.25) is 14.9 Å². The topological polar surface area (TPSA) is 51.1 Å². The highest BCUT2D eigenvalue weighted by Crippen LogP contribution is 2.31. The number of para-hydroxylation sites is 1. The van der Waals surface area contributed by atoms with Gasteiger partial charge in [0.05, 0.1) is 10.5 Å². The van der Waals surface area contributed by atoms with Gasteiger partial charge in [0.1, 0.15) is 0 Å². The van der Waals surface area contributed by atoms with E-state index < -0.39 is 22.9 Å². The Bertz CT molecular complexity index is 1110. The Morgan fingerprint density at radius 2 is 1.75 bits per heavy atom. The van der Waals surface area contributed by atoms with Crippen LogP contribution in [0.2, 0.25) is 0 Å². The van der Waals surface area contributed by atoms with Gasteiger partial charge < -0.3 is 4.57 Å². The third-order valence-corrected chi connectivity index (χ3v) is 5.19. The molecule has 1 aliphatic rings. The molecule has 4 nitrogen and oxygen atoms in total. The van der Waals surface area contributed by atoms with Gasteiger partial charge in [0.2, 0.25) is 0 Å². The molecule has 1 fully saturated rings. The van der Waals surface area contributed by atoms with Crippen molar-refractivity contribution in [3.8, 4) is 0 Å². The van der Waals surface area contributed by atoms with Gasteiger partial charge in [-0.05, 0) is 41.6 Å². The molecule has 0 atom stereocenters. The standard InChI is InChI=1S/C20H13F3N2O2S/c21-20(22,23)14-7-5-12(6-8-14)10-25-11-13(15-3-1-2-4-16(15)25)9-17-18(26)24-19(27)28-17/h1-9,11H,10H2,(H,24,26,27)/b17-9+. The first-order valence-corrected chi connectivity index (χ1v) is 9.12. The minimum absolute atomic E-state index is 0.308. The highest BCUT2D eigenvalue weighted by atomic mass is 32.2. The number of amides is 2. The van der Waals surface area contributed by atoms with Gasteiger partial charge in [0.25, 0.3) is 11.1 Å². The molecule has 8 heteroatoms. The maximum atomic E-state index is 12.7. The summed E-state index contributed by atoms with van der Waals surface area (Å²) < 4.78 is 40.1. The van der Waals surface area contributed by atoms with Crippen molar-refractivity contribution in [1.29, 1.82) is 0 Å². The van der Waals surface area contributed by atoms with E-state index in [9.17, 15) is 22.8 Å². The highest BCUT2D eigenvalue weighted by molar-refractivity contribution is 8.18. The van der Waals surface area contributed by atoms with Crippen molar-refractivity contribution in [3.05, 3.63) is 76.3 Å². The second-order valence-electron chi connectivity index (χ2n) is 6.28. The molecule has 1 N–H and O–H groups in total. The highest BCUT2D eigenvalue weighted by Gasteiger charge is 2.30. The summed E-state index contributed by atoms with van der Waals surface area (Å²) in [4.78, 5) is 23.5. The molecule has 28 heavy (non-hydrogen) atoms. The first kappa shape index (κ1) is 18.4. The maximum absolute atomic E-state index is 12.7. The number of benzene rings is 2. The Hall–Kier alpha value is -3.00. The van der Waals surface area contributed by atoms with Crippen LogP contribution < -0.4 is 5.32 Å². The van der Waals surface area contributed by atoms with Gasteiger partial charge in [-0.1, -0.05) is 30.3 Å². The van der Waals surface area contributed by atoms with Crippen LogP contribution in [0.15, 0.2) is 59.6 Å². The predicted octanol–water partition coefficient (Wildman–Crippen LogP) is 5.03. The van der Waals surface area contributed by atoms with Crippen LogP contribution in [0.25, 0.3) is 17.0 Å². The summed E-state index contributed by atoms with van der Waals surface area (Å²) in [6.07, 6.45) is -0.891. The van der Waals surface area contributed by atoms with E-state index in [1.54, 1.807) is 6.08 Å². The normalized spacial score (nSPS) is 16.2. The van der Waals surface area contributed by atoms with Gasteiger partial charge in [-0.2, -0.15) is 13.2 Å². The van der Waals surface area contributed by atoms with E-state index in [1.807, 2.05) is 35.0 Å². The number of alkyl halides is 3. The molecule has 1 saturated heterocycles. The average Bonchev–Trinajstić information content (AvgIpc) is 3.15. The van der Waals surface area contributed by atoms with Crippen molar-refractivity contribution in [2.75, 3.05) is 0 Å². The fourth-order valence-electron chi connectivity index (χ4n) is 3.08. The van der Waals surface area contributed by atoms with Gasteiger partial charge >= 0.3 is 6.18 Å². The Kier molecular flexibility index (Phi) is 4.50. The Labute approximate surface area is 162 Å². The number of thioether (sulfide) groups is 1. The van der Waals surface area contributed by atoms with Gasteiger partial charge in [-0.25, -0.2) is 0 Å². The summed E-state index contributed by atoms with van der Waals surface area (Å²) >= 11 is 0.840. The zero-order valence-corrected chi connectivity index (χ0v) is 15.1.